The molecule has 12 nitrogen and oxygen atoms in total. The van der Waals surface area contributed by atoms with Crippen LogP contribution in [0.4, 0.5) is 0 Å². The van der Waals surface area contributed by atoms with Crippen molar-refractivity contribution in [1.82, 2.24) is 0 Å². The molecule has 1 aliphatic rings. The summed E-state index contributed by atoms with van der Waals surface area (Å²) in [6, 6.07) is 0. The molecular weight excluding hydrogens is 516 g/mol. The molecule has 3 unspecified atom stereocenters. The number of methoxy groups -OCH3 is 2. The summed E-state index contributed by atoms with van der Waals surface area (Å²) in [5.41, 5.74) is 0. The summed E-state index contributed by atoms with van der Waals surface area (Å²) >= 11 is 0. The fourth-order valence-electron chi connectivity index (χ4n) is 3.79. The van der Waals surface area contributed by atoms with E-state index in [-0.39, 0.29) is 51.5 Å². The number of rotatable bonds is 22. The van der Waals surface area contributed by atoms with Gasteiger partial charge in [0, 0.05) is 33.5 Å². The van der Waals surface area contributed by atoms with E-state index >= 15 is 0 Å². The number of esters is 3. The first-order chi connectivity index (χ1) is 18.8. The second-order valence-electron chi connectivity index (χ2n) is 9.38. The van der Waals surface area contributed by atoms with Crippen molar-refractivity contribution in [3.05, 3.63) is 12.7 Å². The zero-order valence-corrected chi connectivity index (χ0v) is 23.5. The third kappa shape index (κ3) is 18.0. The van der Waals surface area contributed by atoms with Gasteiger partial charge in [-0.25, -0.2) is 4.79 Å². The molecule has 0 aromatic rings. The fraction of sp³-hybridized carbons (Fsp3) is 0.815. The first-order valence-corrected chi connectivity index (χ1v) is 13.4. The van der Waals surface area contributed by atoms with Crippen LogP contribution < -0.4 is 0 Å². The Bertz CT molecular complexity index is 690. The molecule has 1 rings (SSSR count). The minimum Gasteiger partial charge on any atom is -0.463 e. The van der Waals surface area contributed by atoms with Gasteiger partial charge < -0.3 is 43.0 Å². The minimum absolute atomic E-state index is 0.0369. The number of hydrogen-bond donors (Lipinski definition) is 1. The lowest BCUT2D eigenvalue weighted by atomic mass is 9.83. The van der Waals surface area contributed by atoms with Crippen LogP contribution in [0.3, 0.4) is 0 Å². The molecule has 1 aliphatic carbocycles. The quantitative estimate of drug-likeness (QED) is 0.0889. The summed E-state index contributed by atoms with van der Waals surface area (Å²) in [7, 11) is 3.08. The first-order valence-electron chi connectivity index (χ1n) is 13.4. The van der Waals surface area contributed by atoms with E-state index in [9.17, 15) is 14.4 Å². The van der Waals surface area contributed by atoms with E-state index in [1.54, 1.807) is 7.11 Å². The Morgan fingerprint density at radius 1 is 0.795 bits per heavy atom. The van der Waals surface area contributed by atoms with Crippen molar-refractivity contribution < 1.29 is 57.4 Å². The van der Waals surface area contributed by atoms with Crippen LogP contribution in [0.5, 0.6) is 0 Å². The molecule has 12 heteroatoms. The molecule has 1 saturated carbocycles. The molecule has 226 valence electrons. The summed E-state index contributed by atoms with van der Waals surface area (Å²) in [6.07, 6.45) is 3.55. The van der Waals surface area contributed by atoms with Crippen LogP contribution in [0.15, 0.2) is 12.7 Å². The maximum atomic E-state index is 11.7. The minimum atomic E-state index is -0.915. The van der Waals surface area contributed by atoms with Gasteiger partial charge in [0.25, 0.3) is 0 Å². The van der Waals surface area contributed by atoms with Gasteiger partial charge in [0.2, 0.25) is 0 Å². The van der Waals surface area contributed by atoms with Crippen molar-refractivity contribution in [3.8, 4) is 0 Å². The molecule has 0 aliphatic heterocycles. The summed E-state index contributed by atoms with van der Waals surface area (Å²) in [5, 5.41) is 9.03. The van der Waals surface area contributed by atoms with Gasteiger partial charge in [-0.2, -0.15) is 0 Å². The van der Waals surface area contributed by atoms with Crippen molar-refractivity contribution in [2.45, 2.75) is 63.9 Å². The maximum absolute atomic E-state index is 11.7. The lowest BCUT2D eigenvalue weighted by Crippen LogP contribution is -2.29. The molecule has 1 N–H and O–H groups in total. The van der Waals surface area contributed by atoms with Crippen LogP contribution in [0.25, 0.3) is 0 Å². The first kappa shape index (κ1) is 34.9. The van der Waals surface area contributed by atoms with Crippen LogP contribution in [-0.2, 0) is 52.3 Å². The van der Waals surface area contributed by atoms with Gasteiger partial charge in [-0.1, -0.05) is 6.58 Å². The molecule has 0 aromatic carbocycles. The monoisotopic (exact) mass is 562 g/mol. The van der Waals surface area contributed by atoms with E-state index < -0.39 is 24.2 Å². The van der Waals surface area contributed by atoms with Gasteiger partial charge in [-0.15, -0.1) is 0 Å². The predicted octanol–water partition coefficient (Wildman–Crippen LogP) is 1.81. The van der Waals surface area contributed by atoms with Crippen LogP contribution in [-0.4, -0.2) is 109 Å². The van der Waals surface area contributed by atoms with E-state index in [4.69, 9.17) is 43.0 Å². The normalized spacial score (nSPS) is 19.5. The number of hydrogen-bond acceptors (Lipinski definition) is 12. The zero-order chi connectivity index (χ0) is 28.9. The van der Waals surface area contributed by atoms with E-state index in [1.165, 1.54) is 14.0 Å². The van der Waals surface area contributed by atoms with Crippen molar-refractivity contribution >= 4 is 17.9 Å². The van der Waals surface area contributed by atoms with E-state index in [0.717, 1.165) is 31.8 Å². The Labute approximate surface area is 231 Å². The Morgan fingerprint density at radius 2 is 1.26 bits per heavy atom. The highest BCUT2D eigenvalue weighted by Crippen LogP contribution is 2.29. The number of aliphatic hydroxyl groups excluding tert-OH is 1. The van der Waals surface area contributed by atoms with Crippen LogP contribution >= 0.6 is 0 Å². The van der Waals surface area contributed by atoms with Gasteiger partial charge in [0.15, 0.2) is 6.29 Å². The SMILES string of the molecule is C=CC(=O)OCCC(=O)OCC(COCC1CCC(COCC(COC(=O)CCOC(C)O)OC)CC1)OC. The molecule has 3 atom stereocenters. The largest absolute Gasteiger partial charge is 0.463 e. The van der Waals surface area contributed by atoms with Gasteiger partial charge >= 0.3 is 17.9 Å². The molecule has 0 aromatic heterocycles. The number of aliphatic hydroxyl groups is 1. The highest BCUT2D eigenvalue weighted by Gasteiger charge is 2.23. The third-order valence-corrected chi connectivity index (χ3v) is 6.19. The van der Waals surface area contributed by atoms with Gasteiger partial charge in [-0.3, -0.25) is 9.59 Å². The fourth-order valence-corrected chi connectivity index (χ4v) is 3.79. The molecule has 1 fully saturated rings. The maximum Gasteiger partial charge on any atom is 0.330 e. The lowest BCUT2D eigenvalue weighted by molar-refractivity contribution is -0.153. The van der Waals surface area contributed by atoms with Gasteiger partial charge in [0.05, 0.1) is 32.7 Å². The molecule has 0 bridgehead atoms. The van der Waals surface area contributed by atoms with E-state index in [1.807, 2.05) is 0 Å². The number of carbonyl (C=O) groups is 3. The second-order valence-corrected chi connectivity index (χ2v) is 9.38. The van der Waals surface area contributed by atoms with E-state index in [2.05, 4.69) is 6.58 Å². The van der Waals surface area contributed by atoms with Gasteiger partial charge in [-0.05, 0) is 44.4 Å². The predicted molar refractivity (Wildman–Crippen MR) is 139 cm³/mol. The number of ether oxygens (including phenoxy) is 8. The molecule has 0 radical (unpaired) electrons. The summed E-state index contributed by atoms with van der Waals surface area (Å²) in [5.74, 6) is -0.577. The third-order valence-electron chi connectivity index (χ3n) is 6.19. The lowest BCUT2D eigenvalue weighted by Gasteiger charge is -2.29. The van der Waals surface area contributed by atoms with Crippen LogP contribution in [0, 0.1) is 11.8 Å². The summed E-state index contributed by atoms with van der Waals surface area (Å²) < 4.78 is 42.3. The van der Waals surface area contributed by atoms with Crippen molar-refractivity contribution in [2.24, 2.45) is 11.8 Å². The van der Waals surface area contributed by atoms with E-state index in [0.29, 0.717) is 38.3 Å². The highest BCUT2D eigenvalue weighted by molar-refractivity contribution is 5.81. The zero-order valence-electron chi connectivity index (χ0n) is 23.5. The Morgan fingerprint density at radius 3 is 1.67 bits per heavy atom. The Balaban J connectivity index is 2.12. The summed E-state index contributed by atoms with van der Waals surface area (Å²) in [4.78, 5) is 34.4. The van der Waals surface area contributed by atoms with Crippen molar-refractivity contribution in [1.29, 1.82) is 0 Å². The average Bonchev–Trinajstić information content (AvgIpc) is 2.92. The van der Waals surface area contributed by atoms with Gasteiger partial charge in [0.1, 0.15) is 32.0 Å². The molecular formula is C27H46O12. The highest BCUT2D eigenvalue weighted by atomic mass is 16.6. The van der Waals surface area contributed by atoms with Crippen molar-refractivity contribution in [3.63, 3.8) is 0 Å². The second kappa shape index (κ2) is 21.7. The van der Waals surface area contributed by atoms with Crippen LogP contribution in [0.1, 0.15) is 45.4 Å². The molecule has 39 heavy (non-hydrogen) atoms. The average molecular weight is 563 g/mol. The molecule has 0 amide bonds. The summed E-state index contributed by atoms with van der Waals surface area (Å²) in [6.45, 7) is 6.83. The molecule has 0 heterocycles. The Kier molecular flexibility index (Phi) is 19.4. The number of carbonyl (C=O) groups excluding carboxylic acids is 3. The molecule has 0 spiro atoms. The standard InChI is InChI=1S/C27H46O12/c1-5-25(29)37-13-11-27(31)39-19-24(33-4)17-35-15-22-8-6-21(7-9-22)14-34-16-23(32-3)18-38-26(30)10-12-36-20(2)28/h5,20-24,28H,1,6-19H2,2-4H3. The smallest absolute Gasteiger partial charge is 0.330 e. The van der Waals surface area contributed by atoms with Crippen molar-refractivity contribution in [2.75, 3.05) is 67.1 Å². The van der Waals surface area contributed by atoms with Crippen LogP contribution in [0.2, 0.25) is 0 Å². The Hall–Kier alpha value is -2.09. The topological polar surface area (TPSA) is 145 Å². The molecule has 0 saturated heterocycles.